The van der Waals surface area contributed by atoms with Crippen molar-refractivity contribution in [2.24, 2.45) is 0 Å². The maximum absolute atomic E-state index is 11.8. The monoisotopic (exact) mass is 285 g/mol. The third-order valence-electron chi connectivity index (χ3n) is 4.18. The van der Waals surface area contributed by atoms with Crippen LogP contribution in [0.15, 0.2) is 0 Å². The molecule has 1 rings (SSSR count). The first-order valence-electron chi connectivity index (χ1n) is 8.07. The van der Waals surface area contributed by atoms with Gasteiger partial charge in [-0.15, -0.1) is 0 Å². The van der Waals surface area contributed by atoms with Crippen LogP contribution in [0.3, 0.4) is 0 Å². The summed E-state index contributed by atoms with van der Waals surface area (Å²) in [5, 5.41) is 3.23. The average molecular weight is 285 g/mol. The van der Waals surface area contributed by atoms with E-state index in [1.165, 1.54) is 39.2 Å². The van der Waals surface area contributed by atoms with Gasteiger partial charge >= 0.3 is 5.97 Å². The molecular weight excluding hydrogens is 254 g/mol. The van der Waals surface area contributed by atoms with Crippen molar-refractivity contribution in [3.8, 4) is 0 Å². The van der Waals surface area contributed by atoms with Gasteiger partial charge in [0, 0.05) is 6.61 Å². The number of esters is 1. The second kappa shape index (κ2) is 9.35. The molecule has 4 nitrogen and oxygen atoms in total. The van der Waals surface area contributed by atoms with Crippen LogP contribution in [0, 0.1) is 0 Å². The molecule has 0 radical (unpaired) electrons. The van der Waals surface area contributed by atoms with Gasteiger partial charge in [-0.25, -0.2) is 0 Å². The van der Waals surface area contributed by atoms with Gasteiger partial charge in [-0.2, -0.15) is 0 Å². The van der Waals surface area contributed by atoms with Crippen LogP contribution >= 0.6 is 0 Å². The van der Waals surface area contributed by atoms with Gasteiger partial charge in [0.1, 0.15) is 5.54 Å². The third-order valence-corrected chi connectivity index (χ3v) is 4.18. The zero-order chi connectivity index (χ0) is 14.8. The van der Waals surface area contributed by atoms with E-state index < -0.39 is 5.54 Å². The summed E-state index contributed by atoms with van der Waals surface area (Å²) in [7, 11) is 1.45. The van der Waals surface area contributed by atoms with Crippen molar-refractivity contribution in [2.75, 3.05) is 20.3 Å². The van der Waals surface area contributed by atoms with Gasteiger partial charge in [0.05, 0.1) is 13.2 Å². The lowest BCUT2D eigenvalue weighted by Crippen LogP contribution is -2.50. The van der Waals surface area contributed by atoms with Crippen LogP contribution in [0.2, 0.25) is 0 Å². The molecule has 1 fully saturated rings. The molecule has 118 valence electrons. The lowest BCUT2D eigenvalue weighted by Gasteiger charge is -2.27. The Morgan fingerprint density at radius 1 is 1.25 bits per heavy atom. The zero-order valence-electron chi connectivity index (χ0n) is 13.4. The van der Waals surface area contributed by atoms with Gasteiger partial charge in [0.15, 0.2) is 0 Å². The number of ether oxygens (including phenoxy) is 2. The minimum atomic E-state index is -0.561. The Balaban J connectivity index is 2.18. The number of likely N-dealkylation sites (N-methyl/N-ethyl adjacent to an activating group) is 1. The van der Waals surface area contributed by atoms with Crippen molar-refractivity contribution >= 4 is 5.97 Å². The molecule has 1 aliphatic rings. The number of carbonyl (C=O) groups is 1. The molecule has 1 N–H and O–H groups in total. The number of nitrogens with one attached hydrogen (secondary N) is 1. The fraction of sp³-hybridized carbons (Fsp3) is 0.938. The van der Waals surface area contributed by atoms with Crippen molar-refractivity contribution in [3.05, 3.63) is 0 Å². The van der Waals surface area contributed by atoms with Crippen molar-refractivity contribution in [3.63, 3.8) is 0 Å². The average Bonchev–Trinajstić information content (AvgIpc) is 2.47. The van der Waals surface area contributed by atoms with Gasteiger partial charge in [-0.3, -0.25) is 4.79 Å². The van der Waals surface area contributed by atoms with Crippen molar-refractivity contribution in [2.45, 2.75) is 76.9 Å². The molecule has 0 aromatic carbocycles. The van der Waals surface area contributed by atoms with Crippen LogP contribution < -0.4 is 5.32 Å². The van der Waals surface area contributed by atoms with Crippen molar-refractivity contribution in [1.29, 1.82) is 0 Å². The third kappa shape index (κ3) is 5.80. The summed E-state index contributed by atoms with van der Waals surface area (Å²) in [5.41, 5.74) is -0.561. The first kappa shape index (κ1) is 17.4. The number of rotatable bonds is 9. The molecule has 0 aliphatic heterocycles. The fourth-order valence-corrected chi connectivity index (χ4v) is 2.94. The number of hydrogen-bond acceptors (Lipinski definition) is 4. The second-order valence-corrected chi connectivity index (χ2v) is 5.94. The molecule has 0 heterocycles. The Morgan fingerprint density at radius 3 is 2.55 bits per heavy atom. The van der Waals surface area contributed by atoms with Crippen LogP contribution in [0.1, 0.15) is 65.2 Å². The molecule has 0 amide bonds. The Bertz CT molecular complexity index is 277. The molecular formula is C16H31NO3. The maximum atomic E-state index is 11.8. The summed E-state index contributed by atoms with van der Waals surface area (Å²) in [6.07, 6.45) is 9.68. The molecule has 0 bridgehead atoms. The van der Waals surface area contributed by atoms with E-state index in [2.05, 4.69) is 5.32 Å². The summed E-state index contributed by atoms with van der Waals surface area (Å²) in [4.78, 5) is 11.8. The lowest BCUT2D eigenvalue weighted by molar-refractivity contribution is -0.148. The summed E-state index contributed by atoms with van der Waals surface area (Å²) >= 11 is 0. The topological polar surface area (TPSA) is 47.6 Å². The smallest absolute Gasteiger partial charge is 0.325 e. The fourth-order valence-electron chi connectivity index (χ4n) is 2.94. The summed E-state index contributed by atoms with van der Waals surface area (Å²) in [6, 6.07) is 0. The van der Waals surface area contributed by atoms with Crippen LogP contribution in [-0.4, -0.2) is 37.9 Å². The highest BCUT2D eigenvalue weighted by Crippen LogP contribution is 2.21. The van der Waals surface area contributed by atoms with Crippen LogP contribution in [0.5, 0.6) is 0 Å². The maximum Gasteiger partial charge on any atom is 0.325 e. The highest BCUT2D eigenvalue weighted by molar-refractivity contribution is 5.80. The van der Waals surface area contributed by atoms with Crippen molar-refractivity contribution in [1.82, 2.24) is 5.32 Å². The van der Waals surface area contributed by atoms with Gasteiger partial charge in [0.2, 0.25) is 0 Å². The van der Waals surface area contributed by atoms with Gasteiger partial charge in [-0.05, 0) is 45.6 Å². The Labute approximate surface area is 123 Å². The van der Waals surface area contributed by atoms with E-state index in [0.29, 0.717) is 6.10 Å². The van der Waals surface area contributed by atoms with Gasteiger partial charge in [0.25, 0.3) is 0 Å². The molecule has 0 spiro atoms. The molecule has 4 heteroatoms. The SMILES string of the molecule is CCNC(C)(CCCCOC1CCCCC1)C(=O)OC. The number of methoxy groups -OCH3 is 1. The van der Waals surface area contributed by atoms with E-state index in [9.17, 15) is 4.79 Å². The van der Waals surface area contributed by atoms with E-state index in [0.717, 1.165) is 32.4 Å². The summed E-state index contributed by atoms with van der Waals surface area (Å²) in [6.45, 7) is 5.51. The van der Waals surface area contributed by atoms with Gasteiger partial charge < -0.3 is 14.8 Å². The minimum absolute atomic E-state index is 0.174. The quantitative estimate of drug-likeness (QED) is 0.522. The zero-order valence-corrected chi connectivity index (χ0v) is 13.4. The summed E-state index contributed by atoms with van der Waals surface area (Å²) in [5.74, 6) is -0.174. The highest BCUT2D eigenvalue weighted by atomic mass is 16.5. The standard InChI is InChI=1S/C16H31NO3/c1-4-17-16(2,15(18)19-3)12-8-9-13-20-14-10-6-5-7-11-14/h14,17H,4-13H2,1-3H3. The van der Waals surface area contributed by atoms with Gasteiger partial charge in [-0.1, -0.05) is 26.2 Å². The molecule has 1 unspecified atom stereocenters. The summed E-state index contributed by atoms with van der Waals surface area (Å²) < 4.78 is 10.8. The lowest BCUT2D eigenvalue weighted by atomic mass is 9.94. The Kier molecular flexibility index (Phi) is 8.15. The number of carbonyl (C=O) groups excluding carboxylic acids is 1. The molecule has 0 saturated heterocycles. The van der Waals surface area contributed by atoms with E-state index in [4.69, 9.17) is 9.47 Å². The number of hydrogen-bond donors (Lipinski definition) is 1. The first-order chi connectivity index (χ1) is 9.62. The minimum Gasteiger partial charge on any atom is -0.468 e. The van der Waals surface area contributed by atoms with E-state index >= 15 is 0 Å². The Hall–Kier alpha value is -0.610. The van der Waals surface area contributed by atoms with E-state index in [1.807, 2.05) is 13.8 Å². The van der Waals surface area contributed by atoms with E-state index in [-0.39, 0.29) is 5.97 Å². The largest absolute Gasteiger partial charge is 0.468 e. The molecule has 1 saturated carbocycles. The molecule has 0 aromatic heterocycles. The first-order valence-corrected chi connectivity index (χ1v) is 8.07. The van der Waals surface area contributed by atoms with Crippen molar-refractivity contribution < 1.29 is 14.3 Å². The Morgan fingerprint density at radius 2 is 1.95 bits per heavy atom. The highest BCUT2D eigenvalue weighted by Gasteiger charge is 2.32. The predicted molar refractivity (Wildman–Crippen MR) is 80.8 cm³/mol. The number of unbranched alkanes of at least 4 members (excludes halogenated alkanes) is 1. The van der Waals surface area contributed by atoms with Crippen LogP contribution in [0.4, 0.5) is 0 Å². The molecule has 20 heavy (non-hydrogen) atoms. The second-order valence-electron chi connectivity index (χ2n) is 5.94. The molecule has 1 atom stereocenters. The normalized spacial score (nSPS) is 19.6. The van der Waals surface area contributed by atoms with Crippen LogP contribution in [0.25, 0.3) is 0 Å². The van der Waals surface area contributed by atoms with Crippen LogP contribution in [-0.2, 0) is 14.3 Å². The van der Waals surface area contributed by atoms with E-state index in [1.54, 1.807) is 0 Å². The molecule has 1 aliphatic carbocycles. The predicted octanol–water partition coefficient (Wildman–Crippen LogP) is 3.05. The molecule has 0 aromatic rings.